The summed E-state index contributed by atoms with van der Waals surface area (Å²) in [7, 11) is 0. The van der Waals surface area contributed by atoms with E-state index in [1.807, 2.05) is 60.4 Å². The van der Waals surface area contributed by atoms with Crippen LogP contribution in [0.25, 0.3) is 5.57 Å². The van der Waals surface area contributed by atoms with Crippen LogP contribution in [0.1, 0.15) is 51.5 Å². The number of nitrogens with zero attached hydrogens (tertiary/aromatic N) is 2. The Morgan fingerprint density at radius 3 is 2.36 bits per heavy atom. The number of amides is 2. The van der Waals surface area contributed by atoms with Crippen LogP contribution < -0.4 is 14.5 Å². The minimum Gasteiger partial charge on any atom is -0.494 e. The van der Waals surface area contributed by atoms with Gasteiger partial charge in [0.05, 0.1) is 28.5 Å². The van der Waals surface area contributed by atoms with Crippen molar-refractivity contribution in [1.29, 1.82) is 0 Å². The van der Waals surface area contributed by atoms with E-state index in [2.05, 4.69) is 6.92 Å². The molecule has 0 unspecified atom stereocenters. The topological polar surface area (TPSA) is 49.9 Å². The Morgan fingerprint density at radius 1 is 0.909 bits per heavy atom. The SMILES string of the molecule is CCCCCCCN1C(=O)/C(=C2\SC(=S)N(c3ccc(OCC)cc3)C2=O)c2ccccc21. The molecule has 4 rings (SSSR count). The summed E-state index contributed by atoms with van der Waals surface area (Å²) in [6.07, 6.45) is 5.61. The Bertz CT molecular complexity index is 1090. The summed E-state index contributed by atoms with van der Waals surface area (Å²) in [5.74, 6) is 0.371. The van der Waals surface area contributed by atoms with E-state index in [9.17, 15) is 9.59 Å². The largest absolute Gasteiger partial charge is 0.494 e. The molecule has 0 atom stereocenters. The van der Waals surface area contributed by atoms with Crippen molar-refractivity contribution in [2.45, 2.75) is 46.0 Å². The number of hydrogen-bond donors (Lipinski definition) is 0. The highest BCUT2D eigenvalue weighted by Gasteiger charge is 2.42. The van der Waals surface area contributed by atoms with Crippen LogP contribution in [0.2, 0.25) is 0 Å². The normalized spacial score (nSPS) is 17.8. The molecular weight excluding hydrogens is 452 g/mol. The van der Waals surface area contributed by atoms with Crippen LogP contribution in [0, 0.1) is 0 Å². The van der Waals surface area contributed by atoms with Crippen molar-refractivity contribution in [1.82, 2.24) is 0 Å². The Balaban J connectivity index is 1.62. The highest BCUT2D eigenvalue weighted by molar-refractivity contribution is 8.27. The molecule has 0 saturated carbocycles. The third-order valence-electron chi connectivity index (χ3n) is 5.81. The maximum atomic E-state index is 13.5. The number of hydrogen-bond acceptors (Lipinski definition) is 5. The second-order valence-corrected chi connectivity index (χ2v) is 9.67. The zero-order chi connectivity index (χ0) is 23.4. The molecule has 2 heterocycles. The molecule has 2 aromatic carbocycles. The highest BCUT2D eigenvalue weighted by atomic mass is 32.2. The van der Waals surface area contributed by atoms with E-state index < -0.39 is 0 Å². The van der Waals surface area contributed by atoms with Gasteiger partial charge in [-0.3, -0.25) is 14.5 Å². The molecule has 0 aliphatic carbocycles. The molecule has 5 nitrogen and oxygen atoms in total. The van der Waals surface area contributed by atoms with Crippen molar-refractivity contribution in [3.05, 3.63) is 59.0 Å². The molecule has 0 radical (unpaired) electrons. The third-order valence-corrected chi connectivity index (χ3v) is 7.18. The lowest BCUT2D eigenvalue weighted by Crippen LogP contribution is -2.29. The first-order chi connectivity index (χ1) is 16.1. The Morgan fingerprint density at radius 2 is 1.64 bits per heavy atom. The Hall–Kier alpha value is -2.64. The monoisotopic (exact) mass is 480 g/mol. The number of benzene rings is 2. The van der Waals surface area contributed by atoms with Crippen LogP contribution in [0.15, 0.2) is 53.4 Å². The van der Waals surface area contributed by atoms with Crippen LogP contribution in [0.4, 0.5) is 11.4 Å². The predicted octanol–water partition coefficient (Wildman–Crippen LogP) is 6.18. The van der Waals surface area contributed by atoms with Gasteiger partial charge in [-0.15, -0.1) is 0 Å². The summed E-state index contributed by atoms with van der Waals surface area (Å²) in [5, 5.41) is 0. The standard InChI is InChI=1S/C26H28N2O3S2/c1-3-5-6-7-10-17-27-21-12-9-8-11-20(21)22(24(27)29)23-25(30)28(26(32)33-23)18-13-15-19(16-14-18)31-4-2/h8-9,11-16H,3-7,10,17H2,1-2H3/b23-22-. The molecule has 0 spiro atoms. The molecule has 0 aromatic heterocycles. The van der Waals surface area contributed by atoms with Gasteiger partial charge in [-0.1, -0.05) is 74.8 Å². The van der Waals surface area contributed by atoms with Crippen molar-refractivity contribution >= 4 is 57.1 Å². The van der Waals surface area contributed by atoms with Crippen molar-refractivity contribution in [2.75, 3.05) is 23.0 Å². The lowest BCUT2D eigenvalue weighted by Gasteiger charge is -2.17. The second-order valence-electron chi connectivity index (χ2n) is 8.03. The summed E-state index contributed by atoms with van der Waals surface area (Å²) < 4.78 is 5.92. The van der Waals surface area contributed by atoms with E-state index in [-0.39, 0.29) is 11.8 Å². The number of rotatable bonds is 9. The molecule has 33 heavy (non-hydrogen) atoms. The van der Waals surface area contributed by atoms with Crippen LogP contribution in [0.5, 0.6) is 5.75 Å². The fourth-order valence-electron chi connectivity index (χ4n) is 4.19. The number of thioether (sulfide) groups is 1. The first-order valence-corrected chi connectivity index (χ1v) is 12.7. The Kier molecular flexibility index (Phi) is 7.50. The molecule has 172 valence electrons. The zero-order valence-corrected chi connectivity index (χ0v) is 20.6. The number of thiocarbonyl (C=S) groups is 1. The highest BCUT2D eigenvalue weighted by Crippen LogP contribution is 2.45. The number of ether oxygens (including phenoxy) is 1. The summed E-state index contributed by atoms with van der Waals surface area (Å²) in [6, 6.07) is 15.0. The van der Waals surface area contributed by atoms with Crippen molar-refractivity contribution in [2.24, 2.45) is 0 Å². The third kappa shape index (κ3) is 4.70. The number of fused-ring (bicyclic) bond motifs is 1. The molecule has 0 N–H and O–H groups in total. The van der Waals surface area contributed by atoms with Gasteiger partial charge < -0.3 is 9.64 Å². The average molecular weight is 481 g/mol. The molecule has 2 aliphatic heterocycles. The van der Waals surface area contributed by atoms with Crippen LogP contribution >= 0.6 is 24.0 Å². The van der Waals surface area contributed by atoms with Gasteiger partial charge in [0, 0.05) is 12.1 Å². The predicted molar refractivity (Wildman–Crippen MR) is 140 cm³/mol. The van der Waals surface area contributed by atoms with Gasteiger partial charge in [0.2, 0.25) is 0 Å². The molecule has 2 aromatic rings. The van der Waals surface area contributed by atoms with Crippen molar-refractivity contribution in [3.8, 4) is 5.75 Å². The van der Waals surface area contributed by atoms with E-state index >= 15 is 0 Å². The molecule has 7 heteroatoms. The van der Waals surface area contributed by atoms with Gasteiger partial charge in [0.1, 0.15) is 5.75 Å². The molecule has 2 aliphatic rings. The number of anilines is 2. The molecule has 2 amide bonds. The van der Waals surface area contributed by atoms with Gasteiger partial charge >= 0.3 is 0 Å². The quantitative estimate of drug-likeness (QED) is 0.244. The second kappa shape index (κ2) is 10.5. The summed E-state index contributed by atoms with van der Waals surface area (Å²) in [6.45, 7) is 5.34. The summed E-state index contributed by atoms with van der Waals surface area (Å²) in [4.78, 5) is 30.7. The van der Waals surface area contributed by atoms with Crippen LogP contribution in [-0.2, 0) is 9.59 Å². The van der Waals surface area contributed by atoms with E-state index in [4.69, 9.17) is 17.0 Å². The first-order valence-electron chi connectivity index (χ1n) is 11.5. The fourth-order valence-corrected chi connectivity index (χ4v) is 5.57. The molecule has 1 saturated heterocycles. The number of carbonyl (C=O) groups excluding carboxylic acids is 2. The fraction of sp³-hybridized carbons (Fsp3) is 0.346. The lowest BCUT2D eigenvalue weighted by atomic mass is 10.1. The number of carbonyl (C=O) groups is 2. The van der Waals surface area contributed by atoms with Gasteiger partial charge in [-0.2, -0.15) is 0 Å². The maximum Gasteiger partial charge on any atom is 0.271 e. The van der Waals surface area contributed by atoms with Crippen molar-refractivity contribution < 1.29 is 14.3 Å². The van der Waals surface area contributed by atoms with Crippen LogP contribution in [0.3, 0.4) is 0 Å². The number of para-hydroxylation sites is 1. The van der Waals surface area contributed by atoms with Gasteiger partial charge in [-0.25, -0.2) is 0 Å². The van der Waals surface area contributed by atoms with E-state index in [1.54, 1.807) is 0 Å². The smallest absolute Gasteiger partial charge is 0.271 e. The van der Waals surface area contributed by atoms with Gasteiger partial charge in [0.25, 0.3) is 11.8 Å². The average Bonchev–Trinajstić information content (AvgIpc) is 3.26. The van der Waals surface area contributed by atoms with Crippen molar-refractivity contribution in [3.63, 3.8) is 0 Å². The molecular formula is C26H28N2O3S2. The maximum absolute atomic E-state index is 13.5. The minimum absolute atomic E-state index is 0.112. The summed E-state index contributed by atoms with van der Waals surface area (Å²) >= 11 is 6.75. The van der Waals surface area contributed by atoms with E-state index in [0.717, 1.165) is 29.8 Å². The van der Waals surface area contributed by atoms with Gasteiger partial charge in [0.15, 0.2) is 4.32 Å². The van der Waals surface area contributed by atoms with Crippen LogP contribution in [-0.4, -0.2) is 29.3 Å². The van der Waals surface area contributed by atoms with E-state index in [1.165, 1.54) is 35.9 Å². The molecule has 1 fully saturated rings. The van der Waals surface area contributed by atoms with E-state index in [0.29, 0.717) is 33.6 Å². The Labute approximate surface area is 204 Å². The minimum atomic E-state index is -0.253. The summed E-state index contributed by atoms with van der Waals surface area (Å²) in [5.41, 5.74) is 2.82. The molecule has 0 bridgehead atoms. The lowest BCUT2D eigenvalue weighted by molar-refractivity contribution is -0.115. The van der Waals surface area contributed by atoms with Gasteiger partial charge in [-0.05, 0) is 43.7 Å². The number of unbranched alkanes of at least 4 members (excludes halogenated alkanes) is 4. The first kappa shape index (κ1) is 23.5. The zero-order valence-electron chi connectivity index (χ0n) is 19.0.